The molecule has 12 heavy (non-hydrogen) atoms. The van der Waals surface area contributed by atoms with Crippen molar-refractivity contribution in [1.82, 2.24) is 15.0 Å². The summed E-state index contributed by atoms with van der Waals surface area (Å²) in [5.74, 6) is 0. The van der Waals surface area contributed by atoms with Gasteiger partial charge >= 0.3 is 0 Å². The molecule has 0 fully saturated rings. The molecule has 0 radical (unpaired) electrons. The molecule has 1 N–H and O–H groups in total. The summed E-state index contributed by atoms with van der Waals surface area (Å²) in [4.78, 5) is 20.3. The van der Waals surface area contributed by atoms with E-state index in [1.54, 1.807) is 0 Å². The maximum Gasteiger partial charge on any atom is 0.300 e. The van der Waals surface area contributed by atoms with Crippen molar-refractivity contribution in [3.8, 4) is 0 Å². The van der Waals surface area contributed by atoms with Gasteiger partial charge in [-0.05, 0) is 0 Å². The van der Waals surface area contributed by atoms with Gasteiger partial charge in [-0.2, -0.15) is 0 Å². The van der Waals surface area contributed by atoms with E-state index in [0.29, 0.717) is 11.2 Å². The zero-order valence-electron chi connectivity index (χ0n) is 5.89. The monoisotopic (exact) mass is 164 g/mol. The van der Waals surface area contributed by atoms with Crippen molar-refractivity contribution in [2.45, 2.75) is 0 Å². The number of H-pyrrole nitrogens is 1. The lowest BCUT2D eigenvalue weighted by molar-refractivity contribution is -0.383. The number of fused-ring (bicyclic) bond motifs is 1. The van der Waals surface area contributed by atoms with Crippen LogP contribution in [0.3, 0.4) is 0 Å². The molecule has 6 heteroatoms. The number of hydrogen-bond donors (Lipinski definition) is 1. The van der Waals surface area contributed by atoms with E-state index >= 15 is 0 Å². The van der Waals surface area contributed by atoms with E-state index in [0.717, 1.165) is 0 Å². The highest BCUT2D eigenvalue weighted by Crippen LogP contribution is 2.19. The Kier molecular flexibility index (Phi) is 1.26. The summed E-state index contributed by atoms with van der Waals surface area (Å²) in [5, 5.41) is 10.4. The van der Waals surface area contributed by atoms with Gasteiger partial charge in [-0.25, -0.2) is 9.97 Å². The number of nitro groups is 1. The van der Waals surface area contributed by atoms with Gasteiger partial charge in [-0.15, -0.1) is 0 Å². The molecule has 0 bridgehead atoms. The first-order valence-corrected chi connectivity index (χ1v) is 3.21. The predicted molar refractivity (Wildman–Crippen MR) is 40.5 cm³/mol. The van der Waals surface area contributed by atoms with Crippen LogP contribution in [-0.4, -0.2) is 19.9 Å². The largest absolute Gasteiger partial charge is 0.329 e. The average Bonchev–Trinajstić information content (AvgIpc) is 2.49. The van der Waals surface area contributed by atoms with Gasteiger partial charge < -0.3 is 4.98 Å². The summed E-state index contributed by atoms with van der Waals surface area (Å²) in [7, 11) is 0. The van der Waals surface area contributed by atoms with Crippen LogP contribution in [0.1, 0.15) is 0 Å². The lowest BCUT2D eigenvalue weighted by Crippen LogP contribution is -1.89. The van der Waals surface area contributed by atoms with Gasteiger partial charge in [0, 0.05) is 12.3 Å². The minimum Gasteiger partial charge on any atom is -0.329 e. The molecule has 0 atom stereocenters. The van der Waals surface area contributed by atoms with Crippen LogP contribution in [0.5, 0.6) is 0 Å². The highest BCUT2D eigenvalue weighted by Gasteiger charge is 2.13. The standard InChI is InChI=1S/C6H4N4O2/c11-10(12)4-1-2-7-6-5(4)8-3-9-6/h1-3H,(H,7,8,9). The van der Waals surface area contributed by atoms with E-state index in [2.05, 4.69) is 15.0 Å². The SMILES string of the molecule is O=[N+]([O-])c1ccnc2[nH]cnc12. The van der Waals surface area contributed by atoms with Crippen LogP contribution < -0.4 is 0 Å². The molecule has 0 amide bonds. The Morgan fingerprint density at radius 1 is 1.50 bits per heavy atom. The summed E-state index contributed by atoms with van der Waals surface area (Å²) in [5.41, 5.74) is 0.702. The molecule has 60 valence electrons. The van der Waals surface area contributed by atoms with Gasteiger partial charge in [0.25, 0.3) is 5.69 Å². The van der Waals surface area contributed by atoms with Gasteiger partial charge in [-0.3, -0.25) is 10.1 Å². The molecule has 0 spiro atoms. The Bertz CT molecular complexity index is 436. The molecule has 0 aliphatic heterocycles. The summed E-state index contributed by atoms with van der Waals surface area (Å²) in [6, 6.07) is 1.32. The number of nitrogens with zero attached hydrogens (tertiary/aromatic N) is 3. The van der Waals surface area contributed by atoms with Crippen LogP contribution in [0, 0.1) is 10.1 Å². The maximum absolute atomic E-state index is 10.4. The fourth-order valence-electron chi connectivity index (χ4n) is 0.982. The lowest BCUT2D eigenvalue weighted by atomic mass is 10.4. The fraction of sp³-hybridized carbons (Fsp3) is 0. The number of rotatable bonds is 1. The van der Waals surface area contributed by atoms with Crippen LogP contribution in [0.4, 0.5) is 5.69 Å². The van der Waals surface area contributed by atoms with Crippen molar-refractivity contribution in [3.05, 3.63) is 28.7 Å². The highest BCUT2D eigenvalue weighted by atomic mass is 16.6. The summed E-state index contributed by atoms with van der Waals surface area (Å²) < 4.78 is 0. The molecule has 0 aromatic carbocycles. The molecule has 2 aromatic heterocycles. The van der Waals surface area contributed by atoms with Gasteiger partial charge in [0.15, 0.2) is 11.2 Å². The Morgan fingerprint density at radius 3 is 3.08 bits per heavy atom. The van der Waals surface area contributed by atoms with Gasteiger partial charge in [0.05, 0.1) is 11.3 Å². The maximum atomic E-state index is 10.4. The second-order valence-electron chi connectivity index (χ2n) is 2.19. The zero-order valence-corrected chi connectivity index (χ0v) is 5.89. The first-order valence-electron chi connectivity index (χ1n) is 3.21. The predicted octanol–water partition coefficient (Wildman–Crippen LogP) is 0.866. The van der Waals surface area contributed by atoms with E-state index in [-0.39, 0.29) is 5.69 Å². The van der Waals surface area contributed by atoms with Crippen molar-refractivity contribution in [2.24, 2.45) is 0 Å². The fourth-order valence-corrected chi connectivity index (χ4v) is 0.982. The molecule has 6 nitrogen and oxygen atoms in total. The Hall–Kier alpha value is -1.98. The smallest absolute Gasteiger partial charge is 0.300 e. The number of nitrogens with one attached hydrogen (secondary N) is 1. The third kappa shape index (κ3) is 0.815. The molecule has 0 unspecified atom stereocenters. The first kappa shape index (κ1) is 6.71. The van der Waals surface area contributed by atoms with Crippen LogP contribution >= 0.6 is 0 Å². The number of imidazole rings is 1. The van der Waals surface area contributed by atoms with E-state index in [4.69, 9.17) is 0 Å². The van der Waals surface area contributed by atoms with Crippen molar-refractivity contribution >= 4 is 16.9 Å². The highest BCUT2D eigenvalue weighted by molar-refractivity contribution is 5.80. The van der Waals surface area contributed by atoms with Crippen molar-refractivity contribution in [2.75, 3.05) is 0 Å². The zero-order chi connectivity index (χ0) is 8.55. The lowest BCUT2D eigenvalue weighted by Gasteiger charge is -1.89. The van der Waals surface area contributed by atoms with Crippen molar-refractivity contribution in [1.29, 1.82) is 0 Å². The van der Waals surface area contributed by atoms with Crippen molar-refractivity contribution in [3.63, 3.8) is 0 Å². The van der Waals surface area contributed by atoms with Gasteiger partial charge in [-0.1, -0.05) is 0 Å². The summed E-state index contributed by atoms with van der Waals surface area (Å²) in [6.07, 6.45) is 2.75. The molecule has 0 aliphatic rings. The number of hydrogen-bond acceptors (Lipinski definition) is 4. The average molecular weight is 164 g/mol. The van der Waals surface area contributed by atoms with Crippen molar-refractivity contribution < 1.29 is 4.92 Å². The van der Waals surface area contributed by atoms with Crippen LogP contribution in [0.25, 0.3) is 11.2 Å². The first-order chi connectivity index (χ1) is 5.79. The van der Waals surface area contributed by atoms with E-state index < -0.39 is 4.92 Å². The molecule has 0 aliphatic carbocycles. The van der Waals surface area contributed by atoms with Crippen LogP contribution in [0.15, 0.2) is 18.6 Å². The topological polar surface area (TPSA) is 84.7 Å². The Balaban J connectivity index is 2.82. The number of aromatic amines is 1. The molecule has 2 heterocycles. The molecular formula is C6H4N4O2. The molecule has 0 saturated carbocycles. The molecule has 2 aromatic rings. The van der Waals surface area contributed by atoms with E-state index in [1.165, 1.54) is 18.6 Å². The van der Waals surface area contributed by atoms with E-state index in [1.807, 2.05) is 0 Å². The van der Waals surface area contributed by atoms with Gasteiger partial charge in [0.1, 0.15) is 0 Å². The minimum absolute atomic E-state index is 0.0266. The van der Waals surface area contributed by atoms with E-state index in [9.17, 15) is 10.1 Å². The molecular weight excluding hydrogens is 160 g/mol. The Labute approximate surface area is 66.4 Å². The minimum atomic E-state index is -0.481. The number of pyridine rings is 1. The quantitative estimate of drug-likeness (QED) is 0.500. The number of aromatic nitrogens is 3. The third-order valence-electron chi connectivity index (χ3n) is 1.49. The Morgan fingerprint density at radius 2 is 2.33 bits per heavy atom. The third-order valence-corrected chi connectivity index (χ3v) is 1.49. The molecule has 2 rings (SSSR count). The summed E-state index contributed by atoms with van der Waals surface area (Å²) >= 11 is 0. The van der Waals surface area contributed by atoms with Crippen LogP contribution in [0.2, 0.25) is 0 Å². The molecule has 0 saturated heterocycles. The second kappa shape index (κ2) is 2.26. The van der Waals surface area contributed by atoms with Gasteiger partial charge in [0.2, 0.25) is 0 Å². The normalized spacial score (nSPS) is 10.3. The summed E-state index contributed by atoms with van der Waals surface area (Å²) in [6.45, 7) is 0. The van der Waals surface area contributed by atoms with Crippen LogP contribution in [-0.2, 0) is 0 Å². The second-order valence-corrected chi connectivity index (χ2v) is 2.19.